The maximum Gasteiger partial charge on any atom is 0.253 e. The Bertz CT molecular complexity index is 1470. The molecule has 2 aromatic carbocycles. The first-order chi connectivity index (χ1) is 18.9. The summed E-state index contributed by atoms with van der Waals surface area (Å²) in [7, 11) is 1.61. The maximum atomic E-state index is 13.2. The van der Waals surface area contributed by atoms with Crippen LogP contribution >= 0.6 is 0 Å². The number of aryl methyl sites for hydroxylation is 2. The predicted octanol–water partition coefficient (Wildman–Crippen LogP) is 4.64. The molecule has 1 aliphatic rings. The van der Waals surface area contributed by atoms with Crippen LogP contribution in [0.4, 0.5) is 0 Å². The number of fused-ring (bicyclic) bond motifs is 1. The Morgan fingerprint density at radius 1 is 1.10 bits per heavy atom. The third kappa shape index (κ3) is 5.86. The number of hydrogen-bond acceptors (Lipinski definition) is 5. The SMILES string of the molecule is COCCNC(=O)c1ccc2nn(CC3CCN(C(=O)c4ccc(-c5cccnc5)c(C)c4)CC3)cc2c1C. The van der Waals surface area contributed by atoms with Crippen LogP contribution in [0.3, 0.4) is 0 Å². The second-order valence-electron chi connectivity index (χ2n) is 10.3. The summed E-state index contributed by atoms with van der Waals surface area (Å²) in [6.45, 7) is 7.23. The van der Waals surface area contributed by atoms with Gasteiger partial charge in [0.15, 0.2) is 0 Å². The van der Waals surface area contributed by atoms with Crippen LogP contribution in [0.25, 0.3) is 22.0 Å². The highest BCUT2D eigenvalue weighted by Crippen LogP contribution is 2.27. The van der Waals surface area contributed by atoms with Crippen molar-refractivity contribution in [2.24, 2.45) is 5.92 Å². The van der Waals surface area contributed by atoms with Crippen molar-refractivity contribution in [2.45, 2.75) is 33.2 Å². The zero-order chi connectivity index (χ0) is 27.4. The van der Waals surface area contributed by atoms with Gasteiger partial charge in [-0.2, -0.15) is 5.10 Å². The number of likely N-dealkylation sites (tertiary alicyclic amines) is 1. The van der Waals surface area contributed by atoms with Gasteiger partial charge in [0.2, 0.25) is 0 Å². The van der Waals surface area contributed by atoms with Gasteiger partial charge in [0.1, 0.15) is 0 Å². The average molecular weight is 526 g/mol. The lowest BCUT2D eigenvalue weighted by Gasteiger charge is -2.32. The molecule has 0 unspecified atom stereocenters. The second-order valence-corrected chi connectivity index (χ2v) is 10.3. The van der Waals surface area contributed by atoms with Crippen LogP contribution in [0.1, 0.15) is 44.7 Å². The van der Waals surface area contributed by atoms with E-state index in [1.54, 1.807) is 13.3 Å². The molecule has 0 saturated carbocycles. The van der Waals surface area contributed by atoms with E-state index in [1.165, 1.54) is 0 Å². The topological polar surface area (TPSA) is 89.4 Å². The fraction of sp³-hybridized carbons (Fsp3) is 0.355. The number of ether oxygens (including phenoxy) is 1. The van der Waals surface area contributed by atoms with Crippen molar-refractivity contribution >= 4 is 22.7 Å². The summed E-state index contributed by atoms with van der Waals surface area (Å²) in [4.78, 5) is 32.0. The fourth-order valence-electron chi connectivity index (χ4n) is 5.39. The molecule has 4 aromatic rings. The summed E-state index contributed by atoms with van der Waals surface area (Å²) < 4.78 is 7.01. The number of rotatable bonds is 8. The van der Waals surface area contributed by atoms with Crippen molar-refractivity contribution in [1.29, 1.82) is 0 Å². The first-order valence-corrected chi connectivity index (χ1v) is 13.5. The van der Waals surface area contributed by atoms with Crippen LogP contribution in [-0.4, -0.2) is 64.8 Å². The fourth-order valence-corrected chi connectivity index (χ4v) is 5.39. The molecule has 39 heavy (non-hydrogen) atoms. The Morgan fingerprint density at radius 3 is 2.64 bits per heavy atom. The van der Waals surface area contributed by atoms with E-state index in [-0.39, 0.29) is 11.8 Å². The van der Waals surface area contributed by atoms with E-state index >= 15 is 0 Å². The quantitative estimate of drug-likeness (QED) is 0.339. The molecule has 3 heterocycles. The highest BCUT2D eigenvalue weighted by molar-refractivity contribution is 6.00. The number of amides is 2. The Morgan fingerprint density at radius 2 is 1.92 bits per heavy atom. The largest absolute Gasteiger partial charge is 0.383 e. The van der Waals surface area contributed by atoms with E-state index in [0.717, 1.165) is 71.2 Å². The highest BCUT2D eigenvalue weighted by Gasteiger charge is 2.25. The predicted molar refractivity (Wildman–Crippen MR) is 152 cm³/mol. The van der Waals surface area contributed by atoms with Gasteiger partial charge in [-0.3, -0.25) is 19.3 Å². The summed E-state index contributed by atoms with van der Waals surface area (Å²) in [5.74, 6) is 0.430. The molecule has 1 fully saturated rings. The molecule has 2 aromatic heterocycles. The summed E-state index contributed by atoms with van der Waals surface area (Å²) in [5.41, 5.74) is 6.43. The summed E-state index contributed by atoms with van der Waals surface area (Å²) in [6.07, 6.45) is 7.51. The van der Waals surface area contributed by atoms with Crippen LogP contribution in [-0.2, 0) is 11.3 Å². The van der Waals surface area contributed by atoms with Crippen molar-refractivity contribution in [3.05, 3.63) is 83.3 Å². The zero-order valence-electron chi connectivity index (χ0n) is 22.8. The van der Waals surface area contributed by atoms with Gasteiger partial charge in [0.25, 0.3) is 11.8 Å². The lowest BCUT2D eigenvalue weighted by atomic mass is 9.95. The number of nitrogens with one attached hydrogen (secondary N) is 1. The second kappa shape index (κ2) is 11.8. The van der Waals surface area contributed by atoms with Gasteiger partial charge in [-0.25, -0.2) is 0 Å². The van der Waals surface area contributed by atoms with E-state index in [9.17, 15) is 9.59 Å². The monoisotopic (exact) mass is 525 g/mol. The van der Waals surface area contributed by atoms with Crippen molar-refractivity contribution in [2.75, 3.05) is 33.4 Å². The smallest absolute Gasteiger partial charge is 0.253 e. The standard InChI is InChI=1S/C31H35N5O3/c1-21-17-24(6-7-26(21)25-5-4-12-32-18-25)31(38)35-14-10-23(11-15-35)19-36-20-28-22(2)27(8-9-29(28)34-36)30(37)33-13-16-39-3/h4-9,12,17-18,20,23H,10-11,13-16,19H2,1-3H3,(H,33,37). The molecule has 202 valence electrons. The van der Waals surface area contributed by atoms with E-state index in [1.807, 2.05) is 78.3 Å². The highest BCUT2D eigenvalue weighted by atomic mass is 16.5. The summed E-state index contributed by atoms with van der Waals surface area (Å²) in [5, 5.41) is 8.65. The first-order valence-electron chi connectivity index (χ1n) is 13.5. The molecule has 0 aliphatic carbocycles. The van der Waals surface area contributed by atoms with Gasteiger partial charge >= 0.3 is 0 Å². The van der Waals surface area contributed by atoms with Crippen LogP contribution in [0.5, 0.6) is 0 Å². The third-order valence-corrected chi connectivity index (χ3v) is 7.64. The Kier molecular flexibility index (Phi) is 8.02. The Labute approximate surface area is 229 Å². The molecular weight excluding hydrogens is 490 g/mol. The number of aromatic nitrogens is 3. The molecule has 0 spiro atoms. The molecule has 1 aliphatic heterocycles. The minimum atomic E-state index is -0.0989. The van der Waals surface area contributed by atoms with Gasteiger partial charge in [0.05, 0.1) is 12.1 Å². The number of hydrogen-bond donors (Lipinski definition) is 1. The van der Waals surface area contributed by atoms with Gasteiger partial charge in [-0.15, -0.1) is 0 Å². The third-order valence-electron chi connectivity index (χ3n) is 7.64. The number of methoxy groups -OCH3 is 1. The Balaban J connectivity index is 1.19. The molecule has 1 N–H and O–H groups in total. The number of benzene rings is 2. The zero-order valence-corrected chi connectivity index (χ0v) is 22.8. The lowest BCUT2D eigenvalue weighted by molar-refractivity contribution is 0.0681. The van der Waals surface area contributed by atoms with Gasteiger partial charge in [-0.1, -0.05) is 12.1 Å². The number of carbonyl (C=O) groups excluding carboxylic acids is 2. The lowest BCUT2D eigenvalue weighted by Crippen LogP contribution is -2.39. The van der Waals surface area contributed by atoms with Crippen LogP contribution in [0, 0.1) is 19.8 Å². The Hall–Kier alpha value is -4.04. The summed E-state index contributed by atoms with van der Waals surface area (Å²) >= 11 is 0. The van der Waals surface area contributed by atoms with Crippen LogP contribution < -0.4 is 5.32 Å². The van der Waals surface area contributed by atoms with Gasteiger partial charge in [-0.05, 0) is 79.6 Å². The van der Waals surface area contributed by atoms with Crippen molar-refractivity contribution < 1.29 is 14.3 Å². The summed E-state index contributed by atoms with van der Waals surface area (Å²) in [6, 6.07) is 13.6. The molecule has 0 radical (unpaired) electrons. The van der Waals surface area contributed by atoms with E-state index in [4.69, 9.17) is 9.84 Å². The van der Waals surface area contributed by atoms with Crippen molar-refractivity contribution in [3.8, 4) is 11.1 Å². The number of nitrogens with zero attached hydrogens (tertiary/aromatic N) is 4. The molecule has 1 saturated heterocycles. The molecular formula is C31H35N5O3. The number of piperidine rings is 1. The van der Waals surface area contributed by atoms with E-state index in [0.29, 0.717) is 24.6 Å². The normalized spacial score (nSPS) is 14.1. The molecule has 0 atom stereocenters. The molecule has 5 rings (SSSR count). The maximum absolute atomic E-state index is 13.2. The van der Waals surface area contributed by atoms with Gasteiger partial charge < -0.3 is 15.0 Å². The van der Waals surface area contributed by atoms with Crippen molar-refractivity contribution in [1.82, 2.24) is 25.0 Å². The number of carbonyl (C=O) groups is 2. The average Bonchev–Trinajstić information content (AvgIpc) is 3.37. The van der Waals surface area contributed by atoms with Gasteiger partial charge in [0, 0.05) is 74.0 Å². The minimum Gasteiger partial charge on any atom is -0.383 e. The molecule has 8 heteroatoms. The number of pyridine rings is 1. The first kappa shape index (κ1) is 26.6. The van der Waals surface area contributed by atoms with Crippen LogP contribution in [0.2, 0.25) is 0 Å². The minimum absolute atomic E-state index is 0.0889. The van der Waals surface area contributed by atoms with Crippen LogP contribution in [0.15, 0.2) is 61.1 Å². The van der Waals surface area contributed by atoms with E-state index in [2.05, 4.69) is 10.3 Å². The molecule has 8 nitrogen and oxygen atoms in total. The molecule has 2 amide bonds. The van der Waals surface area contributed by atoms with Crippen molar-refractivity contribution in [3.63, 3.8) is 0 Å². The molecule has 0 bridgehead atoms. The van der Waals surface area contributed by atoms with E-state index < -0.39 is 0 Å².